The predicted octanol–water partition coefficient (Wildman–Crippen LogP) is 1.89. The highest BCUT2D eigenvalue weighted by Crippen LogP contribution is 2.38. The topological polar surface area (TPSA) is 62.5 Å². The fourth-order valence-corrected chi connectivity index (χ4v) is 3.01. The number of hydrogen-bond donors (Lipinski definition) is 0. The van der Waals surface area contributed by atoms with Crippen LogP contribution in [0.1, 0.15) is 44.4 Å². The zero-order valence-corrected chi connectivity index (χ0v) is 13.1. The number of nitrogens with zero attached hydrogens (tertiary/aromatic N) is 4. The highest BCUT2D eigenvalue weighted by atomic mass is 16.5. The van der Waals surface area contributed by atoms with E-state index in [0.717, 1.165) is 25.9 Å². The van der Waals surface area contributed by atoms with E-state index in [0.29, 0.717) is 23.7 Å². The van der Waals surface area contributed by atoms with Crippen LogP contribution >= 0.6 is 0 Å². The second-order valence-corrected chi connectivity index (χ2v) is 6.55. The molecule has 21 heavy (non-hydrogen) atoms. The molecule has 0 N–H and O–H groups in total. The SMILES string of the molecule is C[C@H](C(=O)N1CCC(c2nc(N(C)C)no2)CC1)C1CC1. The minimum absolute atomic E-state index is 0.199. The Kier molecular flexibility index (Phi) is 3.87. The van der Waals surface area contributed by atoms with Gasteiger partial charge in [0.2, 0.25) is 11.8 Å². The van der Waals surface area contributed by atoms with Gasteiger partial charge in [-0.25, -0.2) is 0 Å². The van der Waals surface area contributed by atoms with Gasteiger partial charge < -0.3 is 14.3 Å². The van der Waals surface area contributed by atoms with E-state index in [1.54, 1.807) is 0 Å². The molecule has 1 saturated heterocycles. The molecule has 0 radical (unpaired) electrons. The predicted molar refractivity (Wildman–Crippen MR) is 79.1 cm³/mol. The molecular formula is C15H24N4O2. The zero-order chi connectivity index (χ0) is 15.0. The van der Waals surface area contributed by atoms with E-state index in [-0.39, 0.29) is 11.8 Å². The van der Waals surface area contributed by atoms with E-state index in [2.05, 4.69) is 17.1 Å². The minimum atomic E-state index is 0.199. The van der Waals surface area contributed by atoms with Crippen molar-refractivity contribution in [2.45, 2.75) is 38.5 Å². The van der Waals surface area contributed by atoms with Crippen LogP contribution in [0.25, 0.3) is 0 Å². The van der Waals surface area contributed by atoms with E-state index < -0.39 is 0 Å². The lowest BCUT2D eigenvalue weighted by molar-refractivity contribution is -0.136. The average Bonchev–Trinajstić information content (AvgIpc) is 3.22. The Morgan fingerprint density at radius 3 is 2.48 bits per heavy atom. The molecule has 1 saturated carbocycles. The average molecular weight is 292 g/mol. The van der Waals surface area contributed by atoms with Crippen LogP contribution in [0, 0.1) is 11.8 Å². The molecule has 1 amide bonds. The number of aromatic nitrogens is 2. The van der Waals surface area contributed by atoms with Crippen LogP contribution in [0.2, 0.25) is 0 Å². The van der Waals surface area contributed by atoms with Gasteiger partial charge in [-0.05, 0) is 36.8 Å². The van der Waals surface area contributed by atoms with Gasteiger partial charge in [-0.3, -0.25) is 4.79 Å². The van der Waals surface area contributed by atoms with Gasteiger partial charge in [0.25, 0.3) is 5.95 Å². The first-order chi connectivity index (χ1) is 10.1. The molecule has 1 atom stereocenters. The Balaban J connectivity index is 1.55. The summed E-state index contributed by atoms with van der Waals surface area (Å²) in [5, 5.41) is 3.96. The summed E-state index contributed by atoms with van der Waals surface area (Å²) in [6.07, 6.45) is 4.27. The quantitative estimate of drug-likeness (QED) is 0.848. The Morgan fingerprint density at radius 2 is 1.95 bits per heavy atom. The molecule has 116 valence electrons. The van der Waals surface area contributed by atoms with Crippen molar-refractivity contribution in [3.8, 4) is 0 Å². The number of piperidine rings is 1. The molecule has 1 aromatic rings. The third-order valence-corrected chi connectivity index (χ3v) is 4.71. The van der Waals surface area contributed by atoms with Gasteiger partial charge >= 0.3 is 0 Å². The third-order valence-electron chi connectivity index (χ3n) is 4.71. The molecule has 3 rings (SSSR count). The lowest BCUT2D eigenvalue weighted by Gasteiger charge is -2.32. The molecule has 0 bridgehead atoms. The first kappa shape index (κ1) is 14.4. The van der Waals surface area contributed by atoms with Crippen LogP contribution in [0.15, 0.2) is 4.52 Å². The van der Waals surface area contributed by atoms with Crippen LogP contribution < -0.4 is 4.90 Å². The molecule has 6 heteroatoms. The molecule has 1 aromatic heterocycles. The summed E-state index contributed by atoms with van der Waals surface area (Å²) in [4.78, 5) is 20.7. The van der Waals surface area contributed by atoms with Crippen molar-refractivity contribution in [3.05, 3.63) is 5.89 Å². The minimum Gasteiger partial charge on any atom is -0.344 e. The van der Waals surface area contributed by atoms with E-state index >= 15 is 0 Å². The molecule has 2 heterocycles. The lowest BCUT2D eigenvalue weighted by Crippen LogP contribution is -2.41. The number of rotatable bonds is 4. The van der Waals surface area contributed by atoms with Crippen molar-refractivity contribution in [1.29, 1.82) is 0 Å². The Labute approximate surface area is 125 Å². The highest BCUT2D eigenvalue weighted by Gasteiger charge is 2.36. The molecule has 0 unspecified atom stereocenters. The number of anilines is 1. The van der Waals surface area contributed by atoms with Gasteiger partial charge in [0, 0.05) is 39.0 Å². The molecule has 0 spiro atoms. The molecule has 1 aliphatic carbocycles. The maximum Gasteiger partial charge on any atom is 0.265 e. The number of hydrogen-bond acceptors (Lipinski definition) is 5. The van der Waals surface area contributed by atoms with Crippen molar-refractivity contribution in [2.24, 2.45) is 11.8 Å². The van der Waals surface area contributed by atoms with Gasteiger partial charge in [-0.1, -0.05) is 6.92 Å². The van der Waals surface area contributed by atoms with Crippen LogP contribution in [-0.2, 0) is 4.79 Å². The number of likely N-dealkylation sites (tertiary alicyclic amines) is 1. The summed E-state index contributed by atoms with van der Waals surface area (Å²) >= 11 is 0. The monoisotopic (exact) mass is 292 g/mol. The molecule has 2 fully saturated rings. The summed E-state index contributed by atoms with van der Waals surface area (Å²) in [5.41, 5.74) is 0. The van der Waals surface area contributed by atoms with Crippen molar-refractivity contribution in [2.75, 3.05) is 32.1 Å². The second-order valence-electron chi connectivity index (χ2n) is 6.55. The van der Waals surface area contributed by atoms with Crippen molar-refractivity contribution in [1.82, 2.24) is 15.0 Å². The first-order valence-electron chi connectivity index (χ1n) is 7.86. The first-order valence-corrected chi connectivity index (χ1v) is 7.86. The second kappa shape index (κ2) is 5.66. The van der Waals surface area contributed by atoms with Gasteiger partial charge in [-0.2, -0.15) is 4.98 Å². The molecule has 1 aliphatic heterocycles. The maximum absolute atomic E-state index is 12.4. The normalized spacial score (nSPS) is 21.4. The molecule has 6 nitrogen and oxygen atoms in total. The van der Waals surface area contributed by atoms with Crippen molar-refractivity contribution >= 4 is 11.9 Å². The third kappa shape index (κ3) is 3.04. The van der Waals surface area contributed by atoms with Crippen LogP contribution in [-0.4, -0.2) is 48.1 Å². The molecular weight excluding hydrogens is 268 g/mol. The van der Waals surface area contributed by atoms with E-state index in [4.69, 9.17) is 4.52 Å². The van der Waals surface area contributed by atoms with E-state index in [1.165, 1.54) is 12.8 Å². The van der Waals surface area contributed by atoms with Gasteiger partial charge in [0.15, 0.2) is 0 Å². The summed E-state index contributed by atoms with van der Waals surface area (Å²) in [6.45, 7) is 3.69. The summed E-state index contributed by atoms with van der Waals surface area (Å²) in [7, 11) is 3.80. The number of amides is 1. The maximum atomic E-state index is 12.4. The largest absolute Gasteiger partial charge is 0.344 e. The Bertz CT molecular complexity index is 502. The zero-order valence-electron chi connectivity index (χ0n) is 13.1. The van der Waals surface area contributed by atoms with Gasteiger partial charge in [-0.15, -0.1) is 0 Å². The van der Waals surface area contributed by atoms with E-state index in [9.17, 15) is 4.79 Å². The lowest BCUT2D eigenvalue weighted by atomic mass is 9.95. The Hall–Kier alpha value is -1.59. The Morgan fingerprint density at radius 1 is 1.29 bits per heavy atom. The van der Waals surface area contributed by atoms with Crippen LogP contribution in [0.4, 0.5) is 5.95 Å². The summed E-state index contributed by atoms with van der Waals surface area (Å²) in [6, 6.07) is 0. The highest BCUT2D eigenvalue weighted by molar-refractivity contribution is 5.79. The van der Waals surface area contributed by atoms with Crippen LogP contribution in [0.3, 0.4) is 0 Å². The smallest absolute Gasteiger partial charge is 0.265 e. The fraction of sp³-hybridized carbons (Fsp3) is 0.800. The van der Waals surface area contributed by atoms with Crippen LogP contribution in [0.5, 0.6) is 0 Å². The van der Waals surface area contributed by atoms with E-state index in [1.807, 2.05) is 23.9 Å². The fourth-order valence-electron chi connectivity index (χ4n) is 3.01. The number of carbonyl (C=O) groups excluding carboxylic acids is 1. The molecule has 2 aliphatic rings. The number of carbonyl (C=O) groups is 1. The standard InChI is InChI=1S/C15H24N4O2/c1-10(11-4-5-11)14(20)19-8-6-12(7-9-19)13-16-15(17-21-13)18(2)3/h10-12H,4-9H2,1-3H3/t10-/m0/s1. The summed E-state index contributed by atoms with van der Waals surface area (Å²) < 4.78 is 5.35. The van der Waals surface area contributed by atoms with Gasteiger partial charge in [0.1, 0.15) is 0 Å². The summed E-state index contributed by atoms with van der Waals surface area (Å²) in [5.74, 6) is 2.77. The van der Waals surface area contributed by atoms with Crippen molar-refractivity contribution in [3.63, 3.8) is 0 Å². The van der Waals surface area contributed by atoms with Gasteiger partial charge in [0.05, 0.1) is 0 Å². The van der Waals surface area contributed by atoms with Crippen molar-refractivity contribution < 1.29 is 9.32 Å². The molecule has 0 aromatic carbocycles.